The van der Waals surface area contributed by atoms with E-state index in [1.807, 2.05) is 0 Å². The summed E-state index contributed by atoms with van der Waals surface area (Å²) in [7, 11) is 1.65. The van der Waals surface area contributed by atoms with Crippen LogP contribution in [0.3, 0.4) is 0 Å². The number of aryl methyl sites for hydroxylation is 1. The predicted molar refractivity (Wildman–Crippen MR) is 81.5 cm³/mol. The number of hydrogen-bond acceptors (Lipinski definition) is 3. The molecular formula is C14H22BrN3O. The van der Waals surface area contributed by atoms with Crippen molar-refractivity contribution in [2.75, 3.05) is 5.32 Å². The van der Waals surface area contributed by atoms with Gasteiger partial charge in [-0.25, -0.2) is 4.68 Å². The van der Waals surface area contributed by atoms with E-state index in [4.69, 9.17) is 0 Å². The quantitative estimate of drug-likeness (QED) is 0.902. The molecule has 0 radical (unpaired) electrons. The second-order valence-corrected chi connectivity index (χ2v) is 6.37. The zero-order valence-electron chi connectivity index (χ0n) is 11.7. The molecule has 0 bridgehead atoms. The summed E-state index contributed by atoms with van der Waals surface area (Å²) in [6.45, 7) is 2.17. The highest BCUT2D eigenvalue weighted by Crippen LogP contribution is 2.29. The van der Waals surface area contributed by atoms with Gasteiger partial charge in [0, 0.05) is 13.1 Å². The Hall–Kier alpha value is -0.840. The first-order chi connectivity index (χ1) is 9.08. The SMILES string of the molecule is CC(CCC1CCCC1)Nc1cnn(C)c(=O)c1Br. The molecule has 0 amide bonds. The summed E-state index contributed by atoms with van der Waals surface area (Å²) in [5.41, 5.74) is 0.690. The number of nitrogens with zero attached hydrogens (tertiary/aromatic N) is 2. The van der Waals surface area contributed by atoms with Gasteiger partial charge in [-0.05, 0) is 41.6 Å². The van der Waals surface area contributed by atoms with Crippen molar-refractivity contribution in [3.05, 3.63) is 21.0 Å². The van der Waals surface area contributed by atoms with Crippen LogP contribution in [0.1, 0.15) is 45.4 Å². The minimum absolute atomic E-state index is 0.104. The van der Waals surface area contributed by atoms with E-state index >= 15 is 0 Å². The number of anilines is 1. The molecule has 1 N–H and O–H groups in total. The lowest BCUT2D eigenvalue weighted by Crippen LogP contribution is -2.24. The summed E-state index contributed by atoms with van der Waals surface area (Å²) in [5.74, 6) is 0.912. The van der Waals surface area contributed by atoms with Crippen LogP contribution >= 0.6 is 15.9 Å². The van der Waals surface area contributed by atoms with E-state index in [-0.39, 0.29) is 5.56 Å². The van der Waals surface area contributed by atoms with Gasteiger partial charge >= 0.3 is 0 Å². The fourth-order valence-corrected chi connectivity index (χ4v) is 3.21. The van der Waals surface area contributed by atoms with Crippen molar-refractivity contribution in [2.45, 2.75) is 51.5 Å². The minimum atomic E-state index is -0.104. The lowest BCUT2D eigenvalue weighted by molar-refractivity contribution is 0.467. The van der Waals surface area contributed by atoms with Crippen molar-refractivity contribution in [1.82, 2.24) is 9.78 Å². The Balaban J connectivity index is 1.89. The molecular weight excluding hydrogens is 306 g/mol. The van der Waals surface area contributed by atoms with Gasteiger partial charge in [0.15, 0.2) is 0 Å². The molecule has 19 heavy (non-hydrogen) atoms. The van der Waals surface area contributed by atoms with Crippen LogP contribution in [0.4, 0.5) is 5.69 Å². The van der Waals surface area contributed by atoms with Crippen LogP contribution in [0.2, 0.25) is 0 Å². The zero-order valence-corrected chi connectivity index (χ0v) is 13.2. The molecule has 4 nitrogen and oxygen atoms in total. The summed E-state index contributed by atoms with van der Waals surface area (Å²) in [6.07, 6.45) is 9.72. The summed E-state index contributed by atoms with van der Waals surface area (Å²) < 4.78 is 1.90. The fourth-order valence-electron chi connectivity index (χ4n) is 2.73. The lowest BCUT2D eigenvalue weighted by atomic mass is 9.99. The molecule has 0 spiro atoms. The summed E-state index contributed by atoms with van der Waals surface area (Å²) in [6, 6.07) is 0.366. The first-order valence-electron chi connectivity index (χ1n) is 7.06. The van der Waals surface area contributed by atoms with E-state index in [0.29, 0.717) is 10.5 Å². The van der Waals surface area contributed by atoms with E-state index in [2.05, 4.69) is 33.3 Å². The fraction of sp³-hybridized carbons (Fsp3) is 0.714. The lowest BCUT2D eigenvalue weighted by Gasteiger charge is -2.18. The van der Waals surface area contributed by atoms with Gasteiger partial charge in [0.05, 0.1) is 11.9 Å². The second kappa shape index (κ2) is 6.55. The predicted octanol–water partition coefficient (Wildman–Crippen LogP) is 3.31. The van der Waals surface area contributed by atoms with Crippen LogP contribution in [0, 0.1) is 5.92 Å². The first-order valence-corrected chi connectivity index (χ1v) is 7.85. The van der Waals surface area contributed by atoms with Crippen LogP contribution in [0.5, 0.6) is 0 Å². The van der Waals surface area contributed by atoms with Crippen molar-refractivity contribution in [1.29, 1.82) is 0 Å². The van der Waals surface area contributed by atoms with Gasteiger partial charge in [-0.1, -0.05) is 25.7 Å². The smallest absolute Gasteiger partial charge is 0.282 e. The molecule has 1 saturated carbocycles. The average Bonchev–Trinajstić information content (AvgIpc) is 2.90. The Morgan fingerprint density at radius 2 is 2.21 bits per heavy atom. The minimum Gasteiger partial charge on any atom is -0.380 e. The third-order valence-electron chi connectivity index (χ3n) is 3.96. The summed E-state index contributed by atoms with van der Waals surface area (Å²) in [4.78, 5) is 11.8. The number of hydrogen-bond donors (Lipinski definition) is 1. The van der Waals surface area contributed by atoms with E-state index < -0.39 is 0 Å². The molecule has 5 heteroatoms. The van der Waals surface area contributed by atoms with Crippen molar-refractivity contribution in [3.8, 4) is 0 Å². The molecule has 2 rings (SSSR count). The summed E-state index contributed by atoms with van der Waals surface area (Å²) >= 11 is 3.34. The Morgan fingerprint density at radius 1 is 1.53 bits per heavy atom. The Bertz CT molecular complexity index is 480. The van der Waals surface area contributed by atoms with Gasteiger partial charge in [-0.15, -0.1) is 0 Å². The van der Waals surface area contributed by atoms with Crippen LogP contribution in [-0.4, -0.2) is 15.8 Å². The molecule has 0 aliphatic heterocycles. The normalized spacial score (nSPS) is 17.6. The molecule has 1 aromatic rings. The van der Waals surface area contributed by atoms with Crippen molar-refractivity contribution >= 4 is 21.6 Å². The Labute approximate surface area is 122 Å². The first kappa shape index (κ1) is 14.6. The molecule has 1 aliphatic rings. The molecule has 1 aromatic heterocycles. The van der Waals surface area contributed by atoms with E-state index in [9.17, 15) is 4.79 Å². The highest BCUT2D eigenvalue weighted by Gasteiger charge is 2.16. The van der Waals surface area contributed by atoms with Crippen molar-refractivity contribution in [3.63, 3.8) is 0 Å². The topological polar surface area (TPSA) is 46.9 Å². The Kier molecular flexibility index (Phi) is 5.02. The maximum Gasteiger partial charge on any atom is 0.282 e. The largest absolute Gasteiger partial charge is 0.380 e. The maximum atomic E-state index is 11.8. The van der Waals surface area contributed by atoms with Crippen molar-refractivity contribution in [2.24, 2.45) is 13.0 Å². The third-order valence-corrected chi connectivity index (χ3v) is 4.73. The number of rotatable bonds is 5. The van der Waals surface area contributed by atoms with Crippen LogP contribution in [0.15, 0.2) is 15.5 Å². The highest BCUT2D eigenvalue weighted by molar-refractivity contribution is 9.10. The zero-order chi connectivity index (χ0) is 13.8. The van der Waals surface area contributed by atoms with Gasteiger partial charge in [0.1, 0.15) is 4.47 Å². The maximum absolute atomic E-state index is 11.8. The number of halogens is 1. The van der Waals surface area contributed by atoms with Crippen LogP contribution in [0.25, 0.3) is 0 Å². The van der Waals surface area contributed by atoms with Gasteiger partial charge in [0.25, 0.3) is 5.56 Å². The van der Waals surface area contributed by atoms with E-state index in [1.54, 1.807) is 13.2 Å². The summed E-state index contributed by atoms with van der Waals surface area (Å²) in [5, 5.41) is 7.42. The van der Waals surface area contributed by atoms with E-state index in [0.717, 1.165) is 18.0 Å². The molecule has 0 aromatic carbocycles. The number of nitrogens with one attached hydrogen (secondary N) is 1. The monoisotopic (exact) mass is 327 g/mol. The van der Waals surface area contributed by atoms with E-state index in [1.165, 1.54) is 36.8 Å². The van der Waals surface area contributed by atoms with Gasteiger partial charge < -0.3 is 5.32 Å². The molecule has 1 unspecified atom stereocenters. The molecule has 106 valence electrons. The molecule has 1 heterocycles. The van der Waals surface area contributed by atoms with Crippen molar-refractivity contribution < 1.29 is 0 Å². The molecule has 1 aliphatic carbocycles. The Morgan fingerprint density at radius 3 is 2.89 bits per heavy atom. The standard InChI is InChI=1S/C14H22BrN3O/c1-10(7-8-11-5-3-4-6-11)17-12-9-16-18(2)14(19)13(12)15/h9-11,17H,3-8H2,1-2H3. The van der Waals surface area contributed by atoms with Gasteiger partial charge in [-0.2, -0.15) is 5.10 Å². The van der Waals surface area contributed by atoms with Crippen LogP contribution in [-0.2, 0) is 7.05 Å². The highest BCUT2D eigenvalue weighted by atomic mass is 79.9. The molecule has 1 fully saturated rings. The number of aromatic nitrogens is 2. The second-order valence-electron chi connectivity index (χ2n) is 5.57. The average molecular weight is 328 g/mol. The van der Waals surface area contributed by atoms with Crippen LogP contribution < -0.4 is 10.9 Å². The third kappa shape index (κ3) is 3.81. The van der Waals surface area contributed by atoms with Gasteiger partial charge in [0.2, 0.25) is 0 Å². The van der Waals surface area contributed by atoms with Gasteiger partial charge in [-0.3, -0.25) is 4.79 Å². The molecule has 0 saturated heterocycles. The molecule has 1 atom stereocenters.